The Balaban J connectivity index is 1.59. The van der Waals surface area contributed by atoms with E-state index < -0.39 is 5.91 Å². The van der Waals surface area contributed by atoms with Crippen LogP contribution in [0.3, 0.4) is 0 Å². The van der Waals surface area contributed by atoms with Gasteiger partial charge in [0.15, 0.2) is 5.17 Å². The molecular formula is C25H24N6O2S. The molecule has 0 spiro atoms. The van der Waals surface area contributed by atoms with E-state index in [9.17, 15) is 9.59 Å². The number of anilines is 1. The van der Waals surface area contributed by atoms with Gasteiger partial charge in [-0.05, 0) is 31.2 Å². The Bertz CT molecular complexity index is 1440. The fourth-order valence-corrected chi connectivity index (χ4v) is 4.94. The van der Waals surface area contributed by atoms with Crippen molar-refractivity contribution in [3.05, 3.63) is 60.3 Å². The number of nitrogens with one attached hydrogen (secondary N) is 2. The second-order valence-corrected chi connectivity index (χ2v) is 9.10. The maximum Gasteiger partial charge on any atom is 0.290 e. The number of hydrazone groups is 1. The summed E-state index contributed by atoms with van der Waals surface area (Å²) in [6.07, 6.45) is 0. The molecular weight excluding hydrogens is 448 g/mol. The second-order valence-electron chi connectivity index (χ2n) is 8.15. The molecule has 1 aliphatic rings. The Hall–Kier alpha value is -3.85. The van der Waals surface area contributed by atoms with E-state index in [1.807, 2.05) is 74.4 Å². The van der Waals surface area contributed by atoms with Crippen LogP contribution in [0.4, 0.5) is 5.69 Å². The van der Waals surface area contributed by atoms with Gasteiger partial charge in [0, 0.05) is 48.2 Å². The van der Waals surface area contributed by atoms with Crippen molar-refractivity contribution in [2.75, 3.05) is 31.3 Å². The molecule has 2 aromatic carbocycles. The SMILES string of the molecule is CCN1C(=O)CS/C1=N\NC(=O)c1cc2c([nH]c3ccccc32)c(-c2ccc(N(C)C)cc2)n1. The number of nitrogens with zero attached hydrogens (tertiary/aromatic N) is 4. The van der Waals surface area contributed by atoms with Gasteiger partial charge in [-0.3, -0.25) is 14.5 Å². The van der Waals surface area contributed by atoms with Crippen molar-refractivity contribution >= 4 is 56.2 Å². The largest absolute Gasteiger partial charge is 0.378 e. The van der Waals surface area contributed by atoms with E-state index in [1.165, 1.54) is 11.8 Å². The summed E-state index contributed by atoms with van der Waals surface area (Å²) in [6.45, 7) is 2.38. The number of amides is 2. The van der Waals surface area contributed by atoms with Crippen LogP contribution in [0.15, 0.2) is 59.7 Å². The number of H-pyrrole nitrogens is 1. The summed E-state index contributed by atoms with van der Waals surface area (Å²) in [5, 5.41) is 6.62. The number of aromatic amines is 1. The lowest BCUT2D eigenvalue weighted by molar-refractivity contribution is -0.123. The molecule has 2 aromatic heterocycles. The predicted molar refractivity (Wildman–Crippen MR) is 138 cm³/mol. The van der Waals surface area contributed by atoms with Gasteiger partial charge in [0.2, 0.25) is 5.91 Å². The molecule has 4 aromatic rings. The zero-order valence-corrected chi connectivity index (χ0v) is 19.9. The first-order valence-electron chi connectivity index (χ1n) is 11.0. The summed E-state index contributed by atoms with van der Waals surface area (Å²) < 4.78 is 0. The molecule has 0 saturated carbocycles. The first kappa shape index (κ1) is 22.0. The van der Waals surface area contributed by atoms with E-state index >= 15 is 0 Å². The zero-order chi connectivity index (χ0) is 23.8. The van der Waals surface area contributed by atoms with Crippen molar-refractivity contribution in [3.63, 3.8) is 0 Å². The lowest BCUT2D eigenvalue weighted by Crippen LogP contribution is -2.31. The van der Waals surface area contributed by atoms with Crippen LogP contribution in [-0.4, -0.2) is 58.2 Å². The van der Waals surface area contributed by atoms with Crippen molar-refractivity contribution in [1.82, 2.24) is 20.3 Å². The number of carbonyl (C=O) groups excluding carboxylic acids is 2. The summed E-state index contributed by atoms with van der Waals surface area (Å²) in [7, 11) is 3.98. The van der Waals surface area contributed by atoms with Crippen LogP contribution in [0.2, 0.25) is 0 Å². The molecule has 0 unspecified atom stereocenters. The van der Waals surface area contributed by atoms with E-state index in [2.05, 4.69) is 15.5 Å². The molecule has 172 valence electrons. The monoisotopic (exact) mass is 472 g/mol. The number of carbonyl (C=O) groups is 2. The predicted octanol–water partition coefficient (Wildman–Crippen LogP) is 4.05. The number of rotatable bonds is 5. The number of hydrogen-bond acceptors (Lipinski definition) is 6. The van der Waals surface area contributed by atoms with E-state index in [-0.39, 0.29) is 11.6 Å². The second kappa shape index (κ2) is 8.83. The molecule has 3 heterocycles. The maximum absolute atomic E-state index is 13.1. The van der Waals surface area contributed by atoms with Gasteiger partial charge >= 0.3 is 0 Å². The molecule has 0 aliphatic carbocycles. The van der Waals surface area contributed by atoms with Crippen LogP contribution >= 0.6 is 11.8 Å². The summed E-state index contributed by atoms with van der Waals surface area (Å²) in [6, 6.07) is 17.8. The van der Waals surface area contributed by atoms with Crippen molar-refractivity contribution < 1.29 is 9.59 Å². The van der Waals surface area contributed by atoms with Gasteiger partial charge < -0.3 is 9.88 Å². The minimum absolute atomic E-state index is 0.0118. The highest BCUT2D eigenvalue weighted by Crippen LogP contribution is 2.33. The van der Waals surface area contributed by atoms with Crippen molar-refractivity contribution in [2.24, 2.45) is 5.10 Å². The highest BCUT2D eigenvalue weighted by atomic mass is 32.2. The normalized spacial score (nSPS) is 15.0. The number of benzene rings is 2. The summed E-state index contributed by atoms with van der Waals surface area (Å²) in [5.41, 5.74) is 7.36. The van der Waals surface area contributed by atoms with Crippen LogP contribution in [0.5, 0.6) is 0 Å². The molecule has 0 radical (unpaired) electrons. The molecule has 2 N–H and O–H groups in total. The fourth-order valence-electron chi connectivity index (χ4n) is 4.04. The number of amidine groups is 1. The molecule has 2 amide bonds. The molecule has 34 heavy (non-hydrogen) atoms. The first-order chi connectivity index (χ1) is 16.5. The smallest absolute Gasteiger partial charge is 0.290 e. The summed E-state index contributed by atoms with van der Waals surface area (Å²) in [5.74, 6) is -0.112. The third-order valence-electron chi connectivity index (χ3n) is 5.81. The molecule has 9 heteroatoms. The van der Waals surface area contributed by atoms with Crippen LogP contribution in [0.1, 0.15) is 17.4 Å². The zero-order valence-electron chi connectivity index (χ0n) is 19.1. The molecule has 8 nitrogen and oxygen atoms in total. The van der Waals surface area contributed by atoms with E-state index in [0.29, 0.717) is 23.2 Å². The molecule has 1 fully saturated rings. The van der Waals surface area contributed by atoms with Gasteiger partial charge in [0.1, 0.15) is 5.69 Å². The summed E-state index contributed by atoms with van der Waals surface area (Å²) >= 11 is 1.31. The number of pyridine rings is 1. The van der Waals surface area contributed by atoms with Crippen LogP contribution in [0.25, 0.3) is 33.1 Å². The molecule has 0 atom stereocenters. The number of thioether (sulfide) groups is 1. The minimum atomic E-state index is -0.429. The Morgan fingerprint density at radius 3 is 2.68 bits per heavy atom. The molecule has 0 bridgehead atoms. The van der Waals surface area contributed by atoms with Gasteiger partial charge in [-0.2, -0.15) is 0 Å². The first-order valence-corrected chi connectivity index (χ1v) is 11.9. The Morgan fingerprint density at radius 1 is 1.18 bits per heavy atom. The maximum atomic E-state index is 13.1. The minimum Gasteiger partial charge on any atom is -0.378 e. The fraction of sp³-hybridized carbons (Fsp3) is 0.200. The highest BCUT2D eigenvalue weighted by molar-refractivity contribution is 8.15. The van der Waals surface area contributed by atoms with Gasteiger partial charge in [0.25, 0.3) is 5.91 Å². The van der Waals surface area contributed by atoms with Crippen molar-refractivity contribution in [3.8, 4) is 11.3 Å². The highest BCUT2D eigenvalue weighted by Gasteiger charge is 2.27. The summed E-state index contributed by atoms with van der Waals surface area (Å²) in [4.78, 5) is 36.8. The Morgan fingerprint density at radius 2 is 1.94 bits per heavy atom. The number of hydrogen-bond donors (Lipinski definition) is 2. The Kier molecular flexibility index (Phi) is 5.70. The number of para-hydroxylation sites is 1. The standard InChI is InChI=1S/C25H24N6O2S/c1-4-31-21(32)14-34-25(31)29-28-24(33)20-13-18-17-7-5-6-8-19(17)26-23(18)22(27-20)15-9-11-16(12-10-15)30(2)3/h5-13,26H,4,14H2,1-3H3,(H,28,33)/b29-25-. The van der Waals surface area contributed by atoms with Crippen LogP contribution in [0, 0.1) is 0 Å². The van der Waals surface area contributed by atoms with Gasteiger partial charge in [-0.1, -0.05) is 42.1 Å². The lowest BCUT2D eigenvalue weighted by atomic mass is 10.1. The lowest BCUT2D eigenvalue weighted by Gasteiger charge is -2.13. The number of fused-ring (bicyclic) bond motifs is 3. The Labute approximate surface area is 201 Å². The number of aromatic nitrogens is 2. The molecule has 1 saturated heterocycles. The third kappa shape index (κ3) is 3.88. The van der Waals surface area contributed by atoms with E-state index in [0.717, 1.165) is 33.1 Å². The van der Waals surface area contributed by atoms with Crippen LogP contribution in [-0.2, 0) is 4.79 Å². The van der Waals surface area contributed by atoms with E-state index in [4.69, 9.17) is 4.98 Å². The average Bonchev–Trinajstić information content (AvgIpc) is 3.41. The van der Waals surface area contributed by atoms with E-state index in [1.54, 1.807) is 11.0 Å². The van der Waals surface area contributed by atoms with Crippen molar-refractivity contribution in [1.29, 1.82) is 0 Å². The molecule has 1 aliphatic heterocycles. The van der Waals surface area contributed by atoms with Gasteiger partial charge in [-0.15, -0.1) is 5.10 Å². The van der Waals surface area contributed by atoms with Gasteiger partial charge in [0.05, 0.1) is 17.0 Å². The van der Waals surface area contributed by atoms with Crippen LogP contribution < -0.4 is 10.3 Å². The van der Waals surface area contributed by atoms with Gasteiger partial charge in [-0.25, -0.2) is 10.4 Å². The van der Waals surface area contributed by atoms with Crippen molar-refractivity contribution in [2.45, 2.75) is 6.92 Å². The third-order valence-corrected chi connectivity index (χ3v) is 6.77. The molecule has 5 rings (SSSR count). The quantitative estimate of drug-likeness (QED) is 0.428. The average molecular weight is 473 g/mol. The topological polar surface area (TPSA) is 93.7 Å².